The normalized spacial score (nSPS) is 11.3. The number of nitrogens with zero attached hydrogens (tertiary/aromatic N) is 1. The van der Waals surface area contributed by atoms with Crippen molar-refractivity contribution in [3.63, 3.8) is 0 Å². The molecule has 0 bridgehead atoms. The quantitative estimate of drug-likeness (QED) is 0.656. The molecule has 0 aliphatic carbocycles. The molecule has 0 aliphatic rings. The number of halogens is 2. The van der Waals surface area contributed by atoms with Crippen LogP contribution in [0.2, 0.25) is 5.02 Å². The maximum absolute atomic E-state index is 5.99. The Morgan fingerprint density at radius 1 is 1.13 bits per heavy atom. The number of hydrogen-bond acceptors (Lipinski definition) is 1. The number of para-hydroxylation sites is 1. The lowest BCUT2D eigenvalue weighted by atomic mass is 10.1. The fourth-order valence-corrected chi connectivity index (χ4v) is 2.81. The molecule has 2 nitrogen and oxygen atoms in total. The number of benzene rings is 2. The van der Waals surface area contributed by atoms with Gasteiger partial charge in [-0.15, -0.1) is 12.4 Å². The van der Waals surface area contributed by atoms with E-state index in [0.29, 0.717) is 0 Å². The number of H-pyrrole nitrogens is 1. The van der Waals surface area contributed by atoms with Gasteiger partial charge in [0, 0.05) is 29.8 Å². The van der Waals surface area contributed by atoms with Crippen molar-refractivity contribution in [2.75, 3.05) is 13.6 Å². The highest BCUT2D eigenvalue weighted by molar-refractivity contribution is 6.30. The maximum Gasteiger partial charge on any atom is 0.0499 e. The second kappa shape index (κ2) is 8.21. The first-order valence-corrected chi connectivity index (χ1v) is 7.76. The zero-order chi connectivity index (χ0) is 15.4. The molecule has 0 amide bonds. The van der Waals surface area contributed by atoms with E-state index in [9.17, 15) is 0 Å². The van der Waals surface area contributed by atoms with Crippen LogP contribution in [0, 0.1) is 0 Å². The fourth-order valence-electron chi connectivity index (χ4n) is 2.62. The van der Waals surface area contributed by atoms with Crippen LogP contribution in [-0.2, 0) is 6.54 Å². The molecular weight excluding hydrogens is 327 g/mol. The van der Waals surface area contributed by atoms with Crippen LogP contribution in [0.25, 0.3) is 17.0 Å². The second-order valence-corrected chi connectivity index (χ2v) is 5.95. The van der Waals surface area contributed by atoms with Gasteiger partial charge in [-0.2, -0.15) is 0 Å². The van der Waals surface area contributed by atoms with Crippen LogP contribution in [0.4, 0.5) is 0 Å². The van der Waals surface area contributed by atoms with Gasteiger partial charge in [0.15, 0.2) is 0 Å². The Kier molecular flexibility index (Phi) is 6.28. The number of aromatic amines is 1. The second-order valence-electron chi connectivity index (χ2n) is 5.51. The minimum Gasteiger partial charge on any atom is -0.361 e. The van der Waals surface area contributed by atoms with Gasteiger partial charge >= 0.3 is 0 Å². The standard InChI is InChI=1S/C19H19ClN2.ClH/c1-22(12-4-6-15-5-2-9-18(20)13-15)14-17-8-3-7-16-10-11-21-19(16)17;/h2-11,13,21H,12,14H2,1H3;1H/b6-4+;. The monoisotopic (exact) mass is 346 g/mol. The third-order valence-electron chi connectivity index (χ3n) is 3.69. The van der Waals surface area contributed by atoms with Crippen molar-refractivity contribution >= 4 is 41.0 Å². The van der Waals surface area contributed by atoms with Crippen molar-refractivity contribution in [2.45, 2.75) is 6.54 Å². The van der Waals surface area contributed by atoms with Crippen molar-refractivity contribution in [3.05, 3.63) is 77.0 Å². The van der Waals surface area contributed by atoms with E-state index in [0.717, 1.165) is 23.7 Å². The highest BCUT2D eigenvalue weighted by Gasteiger charge is 2.04. The zero-order valence-electron chi connectivity index (χ0n) is 13.0. The molecule has 0 fully saturated rings. The fraction of sp³-hybridized carbons (Fsp3) is 0.158. The highest BCUT2D eigenvalue weighted by Crippen LogP contribution is 2.18. The van der Waals surface area contributed by atoms with Crippen LogP contribution in [0.5, 0.6) is 0 Å². The van der Waals surface area contributed by atoms with E-state index >= 15 is 0 Å². The summed E-state index contributed by atoms with van der Waals surface area (Å²) in [6.45, 7) is 1.81. The Morgan fingerprint density at radius 3 is 2.78 bits per heavy atom. The Labute approximate surface area is 148 Å². The van der Waals surface area contributed by atoms with E-state index in [1.165, 1.54) is 16.5 Å². The molecular formula is C19H20Cl2N2. The van der Waals surface area contributed by atoms with Crippen LogP contribution in [0.15, 0.2) is 60.8 Å². The number of aromatic nitrogens is 1. The van der Waals surface area contributed by atoms with Gasteiger partial charge in [0.25, 0.3) is 0 Å². The molecule has 0 atom stereocenters. The Bertz CT molecular complexity index is 793. The molecule has 2 aromatic carbocycles. The lowest BCUT2D eigenvalue weighted by molar-refractivity contribution is 0.365. The summed E-state index contributed by atoms with van der Waals surface area (Å²) in [7, 11) is 2.13. The highest BCUT2D eigenvalue weighted by atomic mass is 35.5. The predicted octanol–water partition coefficient (Wildman–Crippen LogP) is 5.39. The molecule has 0 spiro atoms. The first-order valence-electron chi connectivity index (χ1n) is 7.38. The predicted molar refractivity (Wildman–Crippen MR) is 102 cm³/mol. The first kappa shape index (κ1) is 17.6. The largest absolute Gasteiger partial charge is 0.361 e. The third kappa shape index (κ3) is 4.61. The van der Waals surface area contributed by atoms with Crippen LogP contribution < -0.4 is 0 Å². The molecule has 23 heavy (non-hydrogen) atoms. The zero-order valence-corrected chi connectivity index (χ0v) is 14.6. The van der Waals surface area contributed by atoms with Gasteiger partial charge < -0.3 is 4.98 Å². The molecule has 3 rings (SSSR count). The van der Waals surface area contributed by atoms with Crippen molar-refractivity contribution in [1.29, 1.82) is 0 Å². The van der Waals surface area contributed by atoms with E-state index in [2.05, 4.69) is 59.4 Å². The van der Waals surface area contributed by atoms with Gasteiger partial charge in [-0.25, -0.2) is 0 Å². The molecule has 1 aromatic heterocycles. The van der Waals surface area contributed by atoms with Crippen LogP contribution >= 0.6 is 24.0 Å². The van der Waals surface area contributed by atoms with Crippen LogP contribution in [-0.4, -0.2) is 23.5 Å². The van der Waals surface area contributed by atoms with Gasteiger partial charge in [-0.3, -0.25) is 4.90 Å². The summed E-state index contributed by atoms with van der Waals surface area (Å²) in [5.41, 5.74) is 3.68. The SMILES string of the molecule is CN(C/C=C/c1cccc(Cl)c1)Cc1cccc2cc[nH]c12.Cl. The van der Waals surface area contributed by atoms with Crippen LogP contribution in [0.1, 0.15) is 11.1 Å². The van der Waals surface area contributed by atoms with E-state index in [1.54, 1.807) is 0 Å². The molecule has 0 radical (unpaired) electrons. The molecule has 1 N–H and O–H groups in total. The molecule has 0 saturated heterocycles. The molecule has 0 saturated carbocycles. The number of hydrogen-bond donors (Lipinski definition) is 1. The summed E-state index contributed by atoms with van der Waals surface area (Å²) < 4.78 is 0. The van der Waals surface area contributed by atoms with Crippen molar-refractivity contribution in [1.82, 2.24) is 9.88 Å². The molecule has 1 heterocycles. The third-order valence-corrected chi connectivity index (χ3v) is 3.92. The van der Waals surface area contributed by atoms with Crippen molar-refractivity contribution in [2.24, 2.45) is 0 Å². The van der Waals surface area contributed by atoms with Gasteiger partial charge in [-0.05, 0) is 41.8 Å². The Hall–Kier alpha value is -1.74. The van der Waals surface area contributed by atoms with Gasteiger partial charge in [0.2, 0.25) is 0 Å². The van der Waals surface area contributed by atoms with Gasteiger partial charge in [-0.1, -0.05) is 54.1 Å². The lowest BCUT2D eigenvalue weighted by Gasteiger charge is -2.15. The molecule has 120 valence electrons. The smallest absolute Gasteiger partial charge is 0.0499 e. The summed E-state index contributed by atoms with van der Waals surface area (Å²) >= 11 is 5.99. The van der Waals surface area contributed by atoms with Crippen molar-refractivity contribution in [3.8, 4) is 0 Å². The first-order chi connectivity index (χ1) is 10.7. The van der Waals surface area contributed by atoms with Gasteiger partial charge in [0.1, 0.15) is 0 Å². The molecule has 3 aromatic rings. The van der Waals surface area contributed by atoms with Crippen molar-refractivity contribution < 1.29 is 0 Å². The Balaban J connectivity index is 0.00000192. The number of rotatable bonds is 5. The summed E-state index contributed by atoms with van der Waals surface area (Å²) in [6.07, 6.45) is 6.27. The summed E-state index contributed by atoms with van der Waals surface area (Å²) in [4.78, 5) is 5.61. The number of fused-ring (bicyclic) bond motifs is 1. The summed E-state index contributed by atoms with van der Waals surface area (Å²) in [6, 6.07) is 16.4. The summed E-state index contributed by atoms with van der Waals surface area (Å²) in [5.74, 6) is 0. The summed E-state index contributed by atoms with van der Waals surface area (Å²) in [5, 5.41) is 2.04. The van der Waals surface area contributed by atoms with E-state index in [-0.39, 0.29) is 12.4 Å². The topological polar surface area (TPSA) is 19.0 Å². The number of likely N-dealkylation sites (N-methyl/N-ethyl adjacent to an activating group) is 1. The average molecular weight is 347 g/mol. The van der Waals surface area contributed by atoms with Crippen LogP contribution in [0.3, 0.4) is 0 Å². The lowest BCUT2D eigenvalue weighted by Crippen LogP contribution is -2.17. The maximum atomic E-state index is 5.99. The molecule has 4 heteroatoms. The number of nitrogens with one attached hydrogen (secondary N) is 1. The minimum atomic E-state index is 0. The van der Waals surface area contributed by atoms with E-state index in [4.69, 9.17) is 11.6 Å². The Morgan fingerprint density at radius 2 is 1.96 bits per heavy atom. The van der Waals surface area contributed by atoms with E-state index < -0.39 is 0 Å². The average Bonchev–Trinajstić information content (AvgIpc) is 2.97. The van der Waals surface area contributed by atoms with E-state index in [1.807, 2.05) is 24.4 Å². The minimum absolute atomic E-state index is 0. The molecule has 0 unspecified atom stereocenters. The van der Waals surface area contributed by atoms with Gasteiger partial charge in [0.05, 0.1) is 0 Å². The molecule has 0 aliphatic heterocycles.